The van der Waals surface area contributed by atoms with Gasteiger partial charge in [-0.25, -0.2) is 14.8 Å². The predicted octanol–water partition coefficient (Wildman–Crippen LogP) is 3.03. The van der Waals surface area contributed by atoms with Gasteiger partial charge in [0.05, 0.1) is 33.8 Å². The average Bonchev–Trinajstić information content (AvgIpc) is 2.91. The smallest absolute Gasteiger partial charge is 0.363 e. The SMILES string of the molecule is CC[C@@H](Nc1nc(C)nc2c1=CN(C13CCN(CC1)CC3)C(=C=O)C=2)c1cc(C#N)cc(C(F)(F)F)c1. The van der Waals surface area contributed by atoms with E-state index in [1.165, 1.54) is 6.07 Å². The number of piperidine rings is 3. The number of nitrogens with one attached hydrogen (secondary N) is 1. The van der Waals surface area contributed by atoms with Gasteiger partial charge < -0.3 is 15.1 Å². The van der Waals surface area contributed by atoms with Gasteiger partial charge in [0, 0.05) is 31.4 Å². The summed E-state index contributed by atoms with van der Waals surface area (Å²) in [6.45, 7) is 6.48. The molecule has 6 rings (SSSR count). The lowest BCUT2D eigenvalue weighted by Gasteiger charge is -2.53. The Bertz CT molecular complexity index is 1430. The second kappa shape index (κ2) is 9.33. The van der Waals surface area contributed by atoms with E-state index in [4.69, 9.17) is 0 Å². The van der Waals surface area contributed by atoms with Gasteiger partial charge in [-0.3, -0.25) is 0 Å². The molecule has 192 valence electrons. The van der Waals surface area contributed by atoms with Crippen molar-refractivity contribution < 1.29 is 18.0 Å². The van der Waals surface area contributed by atoms with Gasteiger partial charge in [-0.15, -0.1) is 0 Å². The molecule has 0 saturated carbocycles. The summed E-state index contributed by atoms with van der Waals surface area (Å²) in [6, 6.07) is 4.71. The highest BCUT2D eigenvalue weighted by molar-refractivity contribution is 5.72. The second-order valence-corrected chi connectivity index (χ2v) is 9.92. The van der Waals surface area contributed by atoms with E-state index in [-0.39, 0.29) is 11.1 Å². The van der Waals surface area contributed by atoms with Gasteiger partial charge >= 0.3 is 6.18 Å². The maximum Gasteiger partial charge on any atom is 0.416 e. The molecule has 0 spiro atoms. The molecule has 10 heteroatoms. The summed E-state index contributed by atoms with van der Waals surface area (Å²) in [5, 5.41) is 13.9. The fourth-order valence-electron chi connectivity index (χ4n) is 5.66. The quantitative estimate of drug-likeness (QED) is 0.622. The number of hydrogen-bond donors (Lipinski definition) is 1. The standard InChI is InChI=1S/C27H27F3N6O/c1-3-23(19-10-18(14-31)11-20(12-19)27(28,29)30)34-25-22-15-36(26-4-7-35(8-5-26)9-6-26)21(16-37)13-24(22)32-17(2)33-25/h10-13,15,23H,3-9H2,1-2H3,(H,32,33,34)/t23-/m1/s1. The molecule has 3 fully saturated rings. The van der Waals surface area contributed by atoms with Crippen LogP contribution in [-0.2, 0) is 11.0 Å². The number of rotatable bonds is 5. The van der Waals surface area contributed by atoms with Crippen LogP contribution >= 0.6 is 0 Å². The van der Waals surface area contributed by atoms with E-state index in [1.807, 2.05) is 24.1 Å². The third-order valence-corrected chi connectivity index (χ3v) is 7.71. The number of benzene rings is 1. The fourth-order valence-corrected chi connectivity index (χ4v) is 5.66. The molecule has 2 aromatic rings. The van der Waals surface area contributed by atoms with Crippen molar-refractivity contribution in [1.29, 1.82) is 5.26 Å². The van der Waals surface area contributed by atoms with Crippen molar-refractivity contribution in [2.45, 2.75) is 57.3 Å². The number of nitriles is 1. The number of anilines is 1. The van der Waals surface area contributed by atoms with Gasteiger partial charge in [-0.2, -0.15) is 18.4 Å². The van der Waals surface area contributed by atoms with Gasteiger partial charge in [-0.1, -0.05) is 6.92 Å². The van der Waals surface area contributed by atoms with Crippen molar-refractivity contribution in [3.63, 3.8) is 0 Å². The molecule has 4 aliphatic rings. The molecule has 2 bridgehead atoms. The molecule has 7 nitrogen and oxygen atoms in total. The maximum absolute atomic E-state index is 13.5. The summed E-state index contributed by atoms with van der Waals surface area (Å²) in [4.78, 5) is 25.6. The monoisotopic (exact) mass is 508 g/mol. The highest BCUT2D eigenvalue weighted by Crippen LogP contribution is 2.40. The third kappa shape index (κ3) is 4.61. The molecule has 4 aliphatic heterocycles. The number of carbonyl (C=O) groups excluding carboxylic acids is 1. The number of halogens is 3. The van der Waals surface area contributed by atoms with Crippen LogP contribution < -0.4 is 15.9 Å². The Morgan fingerprint density at radius 1 is 1.16 bits per heavy atom. The Morgan fingerprint density at radius 3 is 2.46 bits per heavy atom. The molecule has 3 saturated heterocycles. The van der Waals surface area contributed by atoms with E-state index in [0.717, 1.165) is 51.0 Å². The Morgan fingerprint density at radius 2 is 1.86 bits per heavy atom. The molecule has 1 aromatic heterocycles. The normalized spacial score (nSPS) is 23.3. The lowest BCUT2D eigenvalue weighted by Crippen LogP contribution is -2.60. The van der Waals surface area contributed by atoms with Gasteiger partial charge in [0.25, 0.3) is 0 Å². The first-order valence-corrected chi connectivity index (χ1v) is 12.4. The summed E-state index contributed by atoms with van der Waals surface area (Å²) >= 11 is 0. The molecular formula is C27H27F3N6O. The zero-order chi connectivity index (χ0) is 26.4. The number of allylic oxidation sites excluding steroid dienone is 1. The molecule has 0 aliphatic carbocycles. The summed E-state index contributed by atoms with van der Waals surface area (Å²) in [5.74, 6) is 3.03. The highest BCUT2D eigenvalue weighted by atomic mass is 19.4. The largest absolute Gasteiger partial charge is 0.416 e. The number of hydrogen-bond acceptors (Lipinski definition) is 7. The Balaban J connectivity index is 1.60. The predicted molar refractivity (Wildman–Crippen MR) is 132 cm³/mol. The van der Waals surface area contributed by atoms with Crippen molar-refractivity contribution in [1.82, 2.24) is 19.8 Å². The van der Waals surface area contributed by atoms with Crippen LogP contribution in [0.5, 0.6) is 0 Å². The lowest BCUT2D eigenvalue weighted by atomic mass is 9.78. The van der Waals surface area contributed by atoms with Crippen LogP contribution in [0.2, 0.25) is 0 Å². The van der Waals surface area contributed by atoms with E-state index >= 15 is 0 Å². The number of fused-ring (bicyclic) bond motifs is 4. The zero-order valence-electron chi connectivity index (χ0n) is 20.7. The summed E-state index contributed by atoms with van der Waals surface area (Å²) < 4.78 is 40.6. The Hall–Kier alpha value is -3.67. The third-order valence-electron chi connectivity index (χ3n) is 7.71. The molecule has 0 radical (unpaired) electrons. The average molecular weight is 509 g/mol. The molecule has 5 heterocycles. The van der Waals surface area contributed by atoms with Gasteiger partial charge in [-0.05, 0) is 62.4 Å². The minimum absolute atomic E-state index is 0.0551. The van der Waals surface area contributed by atoms with Crippen molar-refractivity contribution in [3.8, 4) is 6.07 Å². The first kappa shape index (κ1) is 25.0. The minimum atomic E-state index is -4.57. The molecule has 1 N–H and O–H groups in total. The van der Waals surface area contributed by atoms with Crippen LogP contribution in [0.1, 0.15) is 61.2 Å². The number of nitrogens with zero attached hydrogens (tertiary/aromatic N) is 5. The molecule has 0 amide bonds. The van der Waals surface area contributed by atoms with Crippen LogP contribution in [-0.4, -0.2) is 50.9 Å². The second-order valence-electron chi connectivity index (χ2n) is 9.92. The number of aromatic nitrogens is 2. The first-order valence-electron chi connectivity index (χ1n) is 12.4. The highest BCUT2D eigenvalue weighted by Gasteiger charge is 2.44. The molecule has 1 aromatic carbocycles. The van der Waals surface area contributed by atoms with Crippen LogP contribution in [0, 0.1) is 18.3 Å². The van der Waals surface area contributed by atoms with Gasteiger partial charge in [0.2, 0.25) is 0 Å². The zero-order valence-corrected chi connectivity index (χ0v) is 20.7. The lowest BCUT2D eigenvalue weighted by molar-refractivity contribution is -0.137. The minimum Gasteiger partial charge on any atom is -0.363 e. The van der Waals surface area contributed by atoms with Gasteiger partial charge in [0.1, 0.15) is 17.3 Å². The van der Waals surface area contributed by atoms with Crippen LogP contribution in [0.25, 0.3) is 12.3 Å². The molecule has 1 atom stereocenters. The first-order chi connectivity index (χ1) is 17.7. The molecular weight excluding hydrogens is 481 g/mol. The van der Waals surface area contributed by atoms with Crippen LogP contribution in [0.3, 0.4) is 0 Å². The number of alkyl halides is 3. The fraction of sp³-hybridized carbons (Fsp3) is 0.444. The Labute approximate surface area is 212 Å². The number of aryl methyl sites for hydroxylation is 1. The Kier molecular flexibility index (Phi) is 6.30. The van der Waals surface area contributed by atoms with Crippen LogP contribution in [0.4, 0.5) is 19.0 Å². The van der Waals surface area contributed by atoms with E-state index < -0.39 is 17.8 Å². The summed E-state index contributed by atoms with van der Waals surface area (Å²) in [6.07, 6.45) is 2.27. The van der Waals surface area contributed by atoms with E-state index in [0.29, 0.717) is 39.9 Å². The van der Waals surface area contributed by atoms with Crippen molar-refractivity contribution >= 4 is 24.0 Å². The van der Waals surface area contributed by atoms with Crippen LogP contribution in [0.15, 0.2) is 23.9 Å². The van der Waals surface area contributed by atoms with E-state index in [2.05, 4.69) is 26.1 Å². The van der Waals surface area contributed by atoms with Crippen molar-refractivity contribution in [2.75, 3.05) is 25.0 Å². The maximum atomic E-state index is 13.5. The topological polar surface area (TPSA) is 85.2 Å². The summed E-state index contributed by atoms with van der Waals surface area (Å²) in [7, 11) is 0. The summed E-state index contributed by atoms with van der Waals surface area (Å²) in [5.41, 5.74) is -0.333. The van der Waals surface area contributed by atoms with Crippen molar-refractivity contribution in [2.24, 2.45) is 0 Å². The van der Waals surface area contributed by atoms with E-state index in [9.17, 15) is 23.2 Å². The van der Waals surface area contributed by atoms with Crippen molar-refractivity contribution in [3.05, 3.63) is 57.0 Å². The van der Waals surface area contributed by atoms with Gasteiger partial charge in [0.15, 0.2) is 5.94 Å². The molecule has 0 unspecified atom stereocenters. The molecule has 37 heavy (non-hydrogen) atoms. The van der Waals surface area contributed by atoms with E-state index in [1.54, 1.807) is 13.0 Å².